The summed E-state index contributed by atoms with van der Waals surface area (Å²) in [5.41, 5.74) is 2.88. The molecule has 55 heavy (non-hydrogen) atoms. The number of halogens is 4. The molecule has 3 fully saturated rings. The van der Waals surface area contributed by atoms with E-state index in [4.69, 9.17) is 30.8 Å². The van der Waals surface area contributed by atoms with Crippen molar-refractivity contribution in [2.24, 2.45) is 5.92 Å². The molecule has 0 radical (unpaired) electrons. The minimum atomic E-state index is -4.79. The highest BCUT2D eigenvalue weighted by molar-refractivity contribution is 6.36. The third-order valence-corrected chi connectivity index (χ3v) is 12.2. The van der Waals surface area contributed by atoms with Gasteiger partial charge in [-0.3, -0.25) is 9.69 Å². The minimum absolute atomic E-state index is 0.00395. The maximum Gasteiger partial charge on any atom is 0.421 e. The second kappa shape index (κ2) is 13.9. The lowest BCUT2D eigenvalue weighted by Gasteiger charge is -2.41. The summed E-state index contributed by atoms with van der Waals surface area (Å²) in [6.07, 6.45) is -2.04. The molecule has 10 nitrogen and oxygen atoms in total. The molecule has 2 aromatic carbocycles. The largest absolute Gasteiger partial charge is 0.481 e. The van der Waals surface area contributed by atoms with Gasteiger partial charge in [0.15, 0.2) is 0 Å². The summed E-state index contributed by atoms with van der Waals surface area (Å²) in [5, 5.41) is 23.9. The van der Waals surface area contributed by atoms with Crippen LogP contribution < -0.4 is 19.5 Å². The Balaban J connectivity index is 1.05. The number of methoxy groups -OCH3 is 2. The van der Waals surface area contributed by atoms with Gasteiger partial charge < -0.3 is 29.7 Å². The van der Waals surface area contributed by atoms with Crippen molar-refractivity contribution >= 4 is 17.6 Å². The van der Waals surface area contributed by atoms with Crippen LogP contribution in [0.3, 0.4) is 0 Å². The molecule has 0 bridgehead atoms. The Morgan fingerprint density at radius 1 is 0.964 bits per heavy atom. The predicted molar refractivity (Wildman–Crippen MR) is 198 cm³/mol. The lowest BCUT2D eigenvalue weighted by atomic mass is 9.77. The third kappa shape index (κ3) is 6.79. The Bertz CT molecular complexity index is 2160. The second-order valence-electron chi connectivity index (χ2n) is 15.4. The number of likely N-dealkylation sites (tertiary alicyclic amines) is 1. The molecule has 2 saturated carbocycles. The Labute approximate surface area is 321 Å². The van der Waals surface area contributed by atoms with Gasteiger partial charge in [-0.25, -0.2) is 4.98 Å². The number of piperidine rings is 1. The van der Waals surface area contributed by atoms with Crippen LogP contribution in [0.15, 0.2) is 54.6 Å². The first-order valence-electron chi connectivity index (χ1n) is 18.4. The highest BCUT2D eigenvalue weighted by Crippen LogP contribution is 2.56. The fraction of sp³-hybridized carbons (Fsp3) is 0.439. The molecule has 3 aliphatic carbocycles. The quantitative estimate of drug-likeness (QED) is 0.132. The van der Waals surface area contributed by atoms with E-state index in [1.54, 1.807) is 12.0 Å². The van der Waals surface area contributed by atoms with Crippen molar-refractivity contribution in [1.82, 2.24) is 20.2 Å². The molecule has 2 aromatic heterocycles. The summed E-state index contributed by atoms with van der Waals surface area (Å²) in [6, 6.07) is 16.4. The maximum absolute atomic E-state index is 14.6. The number of pyridine rings is 2. The third-order valence-electron chi connectivity index (χ3n) is 11.8. The molecule has 3 heterocycles. The van der Waals surface area contributed by atoms with E-state index in [9.17, 15) is 28.2 Å². The predicted octanol–water partition coefficient (Wildman–Crippen LogP) is 7.62. The van der Waals surface area contributed by atoms with Crippen LogP contribution >= 0.6 is 11.6 Å². The van der Waals surface area contributed by atoms with E-state index < -0.39 is 40.8 Å². The Morgan fingerprint density at radius 3 is 2.36 bits per heavy atom. The Hall–Kier alpha value is -4.43. The number of hydrogen-bond donors (Lipinski definition) is 3. The number of aliphatic carboxylic acids is 1. The molecule has 3 atom stereocenters. The van der Waals surface area contributed by atoms with Gasteiger partial charge in [-0.2, -0.15) is 18.2 Å². The fourth-order valence-electron chi connectivity index (χ4n) is 8.88. The SMILES string of the molecule is COc1nc(-c2cccc(-c3cccc4c3CC[C@@H]4Oc3nc(OC)c(CN4CC[C@@H]5C[C@@]54C(=O)O)cc3C(F)(F)F)c2Cl)ccc1CNC1CC(C)(O)C1. The number of ether oxygens (including phenoxy) is 3. The normalized spacial score (nSPS) is 25.6. The summed E-state index contributed by atoms with van der Waals surface area (Å²) in [6.45, 7) is 2.80. The molecule has 0 amide bonds. The molecule has 1 aliphatic heterocycles. The van der Waals surface area contributed by atoms with Gasteiger partial charge in [0.25, 0.3) is 0 Å². The molecular weight excluding hydrogens is 737 g/mol. The van der Waals surface area contributed by atoms with E-state index in [2.05, 4.69) is 10.3 Å². The molecule has 1 saturated heterocycles. The highest BCUT2D eigenvalue weighted by Gasteiger charge is 2.67. The zero-order chi connectivity index (χ0) is 38.9. The molecule has 8 rings (SSSR count). The fourth-order valence-corrected chi connectivity index (χ4v) is 9.20. The highest BCUT2D eigenvalue weighted by atomic mass is 35.5. The first kappa shape index (κ1) is 37.5. The summed E-state index contributed by atoms with van der Waals surface area (Å²) in [5.74, 6) is -1.12. The summed E-state index contributed by atoms with van der Waals surface area (Å²) >= 11 is 7.12. The molecule has 4 aliphatic rings. The molecule has 4 aromatic rings. The zero-order valence-corrected chi connectivity index (χ0v) is 31.4. The van der Waals surface area contributed by atoms with Crippen LogP contribution in [-0.4, -0.2) is 69.0 Å². The van der Waals surface area contributed by atoms with Crippen molar-refractivity contribution in [3.05, 3.63) is 87.4 Å². The smallest absolute Gasteiger partial charge is 0.421 e. The van der Waals surface area contributed by atoms with Crippen LogP contribution in [-0.2, 0) is 30.5 Å². The Morgan fingerprint density at radius 2 is 1.67 bits per heavy atom. The average Bonchev–Trinajstić information content (AvgIpc) is 3.59. The molecule has 0 unspecified atom stereocenters. The number of rotatable bonds is 12. The van der Waals surface area contributed by atoms with Crippen molar-refractivity contribution in [2.75, 3.05) is 20.8 Å². The number of alkyl halides is 3. The molecular formula is C41H42ClF3N4O6. The molecule has 0 spiro atoms. The van der Waals surface area contributed by atoms with Gasteiger partial charge >= 0.3 is 12.1 Å². The maximum atomic E-state index is 14.6. The van der Waals surface area contributed by atoms with Crippen LogP contribution in [0.2, 0.25) is 5.02 Å². The number of carboxylic acids is 1. The van der Waals surface area contributed by atoms with E-state index >= 15 is 0 Å². The number of carboxylic acid groups (broad SMARTS) is 1. The number of carbonyl (C=O) groups is 1. The Kier molecular flexibility index (Phi) is 9.51. The molecule has 290 valence electrons. The van der Waals surface area contributed by atoms with Gasteiger partial charge in [0, 0.05) is 41.4 Å². The summed E-state index contributed by atoms with van der Waals surface area (Å²) < 4.78 is 61.1. The number of nitrogens with one attached hydrogen (secondary N) is 1. The van der Waals surface area contributed by atoms with E-state index in [1.807, 2.05) is 55.5 Å². The van der Waals surface area contributed by atoms with Gasteiger partial charge in [-0.15, -0.1) is 0 Å². The first-order valence-corrected chi connectivity index (χ1v) is 18.8. The average molecular weight is 779 g/mol. The van der Waals surface area contributed by atoms with Crippen LogP contribution in [0, 0.1) is 5.92 Å². The van der Waals surface area contributed by atoms with E-state index in [0.29, 0.717) is 73.8 Å². The van der Waals surface area contributed by atoms with Crippen molar-refractivity contribution in [3.8, 4) is 40.0 Å². The zero-order valence-electron chi connectivity index (χ0n) is 30.7. The standard InChI is InChI=1S/C41H42ClF3N4O6/c1-39(52)18-25(19-39)46-20-22-10-12-32(47-35(22)53-2)30-9-5-8-29(34(30)42)26-6-4-7-28-27(26)11-13-33(28)55-37-31(41(43,44)45)16-23(36(48-37)54-3)21-49-15-14-24-17-40(24,49)38(50)51/h4-10,12,16,24-25,33,46,52H,11,13-15,17-21H2,1-3H3,(H,50,51)/t24-,25?,33+,39?,40+/m1/s1. The number of aliphatic hydroxyl groups is 1. The monoisotopic (exact) mass is 778 g/mol. The van der Waals surface area contributed by atoms with Crippen LogP contribution in [0.4, 0.5) is 13.2 Å². The topological polar surface area (TPSA) is 126 Å². The van der Waals surface area contributed by atoms with Gasteiger partial charge in [0.1, 0.15) is 17.2 Å². The van der Waals surface area contributed by atoms with Gasteiger partial charge in [-0.05, 0) is 86.7 Å². The van der Waals surface area contributed by atoms with E-state index in [1.165, 1.54) is 7.11 Å². The number of benzene rings is 2. The number of hydrogen-bond acceptors (Lipinski definition) is 9. The van der Waals surface area contributed by atoms with Crippen molar-refractivity contribution in [1.29, 1.82) is 0 Å². The first-order chi connectivity index (χ1) is 26.2. The lowest BCUT2D eigenvalue weighted by Crippen LogP contribution is -2.51. The lowest BCUT2D eigenvalue weighted by molar-refractivity contribution is -0.145. The number of nitrogens with zero attached hydrogens (tertiary/aromatic N) is 3. The molecule has 14 heteroatoms. The van der Waals surface area contributed by atoms with Crippen LogP contribution in [0.5, 0.6) is 17.6 Å². The van der Waals surface area contributed by atoms with E-state index in [0.717, 1.165) is 33.9 Å². The second-order valence-corrected chi connectivity index (χ2v) is 15.8. The van der Waals surface area contributed by atoms with Gasteiger partial charge in [0.2, 0.25) is 17.6 Å². The van der Waals surface area contributed by atoms with Crippen molar-refractivity contribution < 1.29 is 42.4 Å². The number of aromatic nitrogens is 2. The summed E-state index contributed by atoms with van der Waals surface area (Å²) in [7, 11) is 2.90. The molecule has 3 N–H and O–H groups in total. The van der Waals surface area contributed by atoms with Crippen molar-refractivity contribution in [2.45, 2.75) is 88.0 Å². The van der Waals surface area contributed by atoms with Gasteiger partial charge in [-0.1, -0.05) is 54.1 Å². The van der Waals surface area contributed by atoms with E-state index in [-0.39, 0.29) is 29.9 Å². The van der Waals surface area contributed by atoms with Crippen molar-refractivity contribution in [3.63, 3.8) is 0 Å². The van der Waals surface area contributed by atoms with Crippen LogP contribution in [0.1, 0.15) is 72.9 Å². The number of fused-ring (bicyclic) bond motifs is 2. The van der Waals surface area contributed by atoms with Crippen LogP contribution in [0.25, 0.3) is 22.4 Å². The minimum Gasteiger partial charge on any atom is -0.481 e. The van der Waals surface area contributed by atoms with Gasteiger partial charge in [0.05, 0.1) is 30.5 Å². The summed E-state index contributed by atoms with van der Waals surface area (Å²) in [4.78, 5) is 22.8.